The predicted octanol–water partition coefficient (Wildman–Crippen LogP) is 0.760. The van der Waals surface area contributed by atoms with Crippen molar-refractivity contribution in [3.63, 3.8) is 0 Å². The molecule has 2 N–H and O–H groups in total. The number of primary amides is 1. The van der Waals surface area contributed by atoms with Crippen LogP contribution in [-0.4, -0.2) is 41.2 Å². The maximum absolute atomic E-state index is 12.6. The zero-order valence-corrected chi connectivity index (χ0v) is 11.2. The van der Waals surface area contributed by atoms with Gasteiger partial charge in [-0.1, -0.05) is 19.8 Å². The van der Waals surface area contributed by atoms with Gasteiger partial charge in [0.05, 0.1) is 0 Å². The van der Waals surface area contributed by atoms with Crippen LogP contribution in [0.4, 0.5) is 0 Å². The van der Waals surface area contributed by atoms with Crippen LogP contribution in [0.2, 0.25) is 0 Å². The van der Waals surface area contributed by atoms with Gasteiger partial charge < -0.3 is 10.9 Å². The van der Waals surface area contributed by atoms with E-state index in [-0.39, 0.29) is 12.5 Å². The lowest BCUT2D eigenvalue weighted by Crippen LogP contribution is -2.59. The number of nitrogens with zero attached hydrogens (tertiary/aromatic N) is 2. The zero-order valence-electron chi connectivity index (χ0n) is 11.2. The molecule has 6 heteroatoms. The summed E-state index contributed by atoms with van der Waals surface area (Å²) in [6, 6.07) is 0. The molecule has 0 spiro atoms. The molecule has 0 bridgehead atoms. The number of hydrogen-bond donors (Lipinski definition) is 1. The van der Waals surface area contributed by atoms with Gasteiger partial charge in [-0.25, -0.2) is 0 Å². The summed E-state index contributed by atoms with van der Waals surface area (Å²) in [5, 5.41) is 13.6. The fourth-order valence-electron chi connectivity index (χ4n) is 2.56. The molecule has 0 saturated carbocycles. The van der Waals surface area contributed by atoms with Gasteiger partial charge in [-0.15, -0.1) is 0 Å². The van der Waals surface area contributed by atoms with Gasteiger partial charge in [-0.3, -0.25) is 14.3 Å². The number of hydrogen-bond acceptors (Lipinski definition) is 3. The van der Waals surface area contributed by atoms with Gasteiger partial charge in [0.2, 0.25) is 5.91 Å². The molecule has 1 aliphatic heterocycles. The van der Waals surface area contributed by atoms with Gasteiger partial charge in [0.25, 0.3) is 5.91 Å². The molecule has 6 nitrogen and oxygen atoms in total. The van der Waals surface area contributed by atoms with E-state index in [4.69, 9.17) is 5.73 Å². The van der Waals surface area contributed by atoms with Crippen LogP contribution in [0.5, 0.6) is 0 Å². The normalized spacial score (nSPS) is 27.2. The fraction of sp³-hybridized carbons (Fsp3) is 0.833. The summed E-state index contributed by atoms with van der Waals surface area (Å²) < 4.78 is -0.716. The predicted molar refractivity (Wildman–Crippen MR) is 67.6 cm³/mol. The molecule has 104 valence electrons. The van der Waals surface area contributed by atoms with Crippen LogP contribution in [0, 0.1) is 11.1 Å². The topological polar surface area (TPSA) is 86.5 Å². The van der Waals surface area contributed by atoms with Crippen LogP contribution in [0.1, 0.15) is 39.5 Å². The molecule has 1 fully saturated rings. The van der Waals surface area contributed by atoms with Gasteiger partial charge in [-0.2, -0.15) is 5.01 Å². The summed E-state index contributed by atoms with van der Waals surface area (Å²) in [5.74, 6) is -0.687. The lowest BCUT2D eigenvalue weighted by molar-refractivity contribution is -0.971. The average molecular weight is 257 g/mol. The van der Waals surface area contributed by atoms with E-state index < -0.39 is 10.7 Å². The highest BCUT2D eigenvalue weighted by atomic mass is 16.6. The van der Waals surface area contributed by atoms with Crippen LogP contribution >= 0.6 is 0 Å². The highest BCUT2D eigenvalue weighted by molar-refractivity contribution is 5.81. The molecular formula is C12H23N3O3. The molecule has 1 heterocycles. The zero-order chi connectivity index (χ0) is 13.8. The standard InChI is InChI=1S/C12H23N3O3/c1-3-4-5-11-6-7-15(18,9-11)14(10(2)16)8-12(13)17/h11H,3-9H2,1-2H3,(H2,13,17). The second kappa shape index (κ2) is 6.15. The Morgan fingerprint density at radius 3 is 2.67 bits per heavy atom. The first kappa shape index (κ1) is 14.9. The number of hydroxylamine groups is 2. The quantitative estimate of drug-likeness (QED) is 0.563. The van der Waals surface area contributed by atoms with Crippen LogP contribution in [0.3, 0.4) is 0 Å². The van der Waals surface area contributed by atoms with Crippen LogP contribution in [0.25, 0.3) is 0 Å². The molecule has 2 atom stereocenters. The molecule has 0 aromatic heterocycles. The highest BCUT2D eigenvalue weighted by Crippen LogP contribution is 2.29. The summed E-state index contributed by atoms with van der Waals surface area (Å²) in [7, 11) is 0. The van der Waals surface area contributed by atoms with E-state index >= 15 is 0 Å². The van der Waals surface area contributed by atoms with Gasteiger partial charge in [0.15, 0.2) is 6.54 Å². The van der Waals surface area contributed by atoms with Crippen molar-refractivity contribution in [2.45, 2.75) is 39.5 Å². The van der Waals surface area contributed by atoms with Crippen LogP contribution < -0.4 is 5.73 Å². The molecule has 18 heavy (non-hydrogen) atoms. The fourth-order valence-corrected chi connectivity index (χ4v) is 2.56. The van der Waals surface area contributed by atoms with Crippen molar-refractivity contribution < 1.29 is 14.3 Å². The summed E-state index contributed by atoms with van der Waals surface area (Å²) in [5.41, 5.74) is 5.09. The van der Waals surface area contributed by atoms with E-state index in [1.54, 1.807) is 0 Å². The minimum atomic E-state index is -0.716. The first-order chi connectivity index (χ1) is 8.39. The molecule has 0 aromatic carbocycles. The average Bonchev–Trinajstić information content (AvgIpc) is 2.65. The third-order valence-electron chi connectivity index (χ3n) is 3.51. The number of unbranched alkanes of at least 4 members (excludes halogenated alkanes) is 1. The van der Waals surface area contributed by atoms with E-state index in [1.807, 2.05) is 0 Å². The summed E-state index contributed by atoms with van der Waals surface area (Å²) in [4.78, 5) is 22.4. The van der Waals surface area contributed by atoms with Crippen LogP contribution in [-0.2, 0) is 9.59 Å². The first-order valence-electron chi connectivity index (χ1n) is 6.54. The van der Waals surface area contributed by atoms with E-state index in [1.165, 1.54) is 6.92 Å². The molecule has 1 saturated heterocycles. The van der Waals surface area contributed by atoms with E-state index in [0.29, 0.717) is 19.0 Å². The minimum Gasteiger partial charge on any atom is -0.606 e. The SMILES string of the molecule is CCCCC1CC[N+]([O-])(N(CC(N)=O)C(C)=O)C1. The van der Waals surface area contributed by atoms with Crippen molar-refractivity contribution in [3.8, 4) is 0 Å². The molecule has 0 aromatic rings. The van der Waals surface area contributed by atoms with Crippen molar-refractivity contribution >= 4 is 11.8 Å². The number of carbonyl (C=O) groups is 2. The maximum atomic E-state index is 12.6. The number of amides is 2. The van der Waals surface area contributed by atoms with Crippen molar-refractivity contribution in [2.24, 2.45) is 11.7 Å². The van der Waals surface area contributed by atoms with Crippen molar-refractivity contribution in [1.29, 1.82) is 0 Å². The molecule has 2 amide bonds. The van der Waals surface area contributed by atoms with E-state index in [2.05, 4.69) is 6.92 Å². The number of quaternary nitrogens is 1. The number of carbonyl (C=O) groups excluding carboxylic acids is 2. The summed E-state index contributed by atoms with van der Waals surface area (Å²) in [6.07, 6.45) is 4.03. The summed E-state index contributed by atoms with van der Waals surface area (Å²) in [6.45, 7) is 3.87. The smallest absolute Gasteiger partial charge is 0.265 e. The second-order valence-electron chi connectivity index (χ2n) is 5.09. The molecule has 1 rings (SSSR count). The van der Waals surface area contributed by atoms with Gasteiger partial charge in [0.1, 0.15) is 13.1 Å². The van der Waals surface area contributed by atoms with Crippen LogP contribution in [0.15, 0.2) is 0 Å². The van der Waals surface area contributed by atoms with Gasteiger partial charge >= 0.3 is 0 Å². The Morgan fingerprint density at radius 1 is 1.50 bits per heavy atom. The monoisotopic (exact) mass is 257 g/mol. The highest BCUT2D eigenvalue weighted by Gasteiger charge is 2.38. The Morgan fingerprint density at radius 2 is 2.17 bits per heavy atom. The Hall–Kier alpha value is -1.14. The maximum Gasteiger partial charge on any atom is 0.265 e. The third-order valence-corrected chi connectivity index (χ3v) is 3.51. The van der Waals surface area contributed by atoms with Gasteiger partial charge in [-0.05, 0) is 6.42 Å². The largest absolute Gasteiger partial charge is 0.606 e. The molecule has 1 aliphatic rings. The lowest BCUT2D eigenvalue weighted by Gasteiger charge is -2.45. The molecule has 0 aliphatic carbocycles. The Kier molecular flexibility index (Phi) is 5.10. The number of rotatable bonds is 6. The molecule has 2 unspecified atom stereocenters. The first-order valence-corrected chi connectivity index (χ1v) is 6.54. The Bertz CT molecular complexity index is 322. The minimum absolute atomic E-state index is 0.292. The van der Waals surface area contributed by atoms with E-state index in [9.17, 15) is 14.8 Å². The Balaban J connectivity index is 2.67. The molecular weight excluding hydrogens is 234 g/mol. The van der Waals surface area contributed by atoms with Gasteiger partial charge in [0, 0.05) is 19.3 Å². The number of nitrogens with two attached hydrogens (primary N) is 1. The van der Waals surface area contributed by atoms with Crippen molar-refractivity contribution in [2.75, 3.05) is 19.6 Å². The molecule has 0 radical (unpaired) electrons. The third kappa shape index (κ3) is 3.68. The van der Waals surface area contributed by atoms with E-state index in [0.717, 1.165) is 30.7 Å². The van der Waals surface area contributed by atoms with Crippen molar-refractivity contribution in [1.82, 2.24) is 5.01 Å². The summed E-state index contributed by atoms with van der Waals surface area (Å²) >= 11 is 0. The lowest BCUT2D eigenvalue weighted by atomic mass is 10.0. The second-order valence-corrected chi connectivity index (χ2v) is 5.09. The van der Waals surface area contributed by atoms with Crippen molar-refractivity contribution in [3.05, 3.63) is 5.21 Å². The Labute approximate surface area is 108 Å².